The van der Waals surface area contributed by atoms with E-state index in [9.17, 15) is 4.79 Å². The Hall–Kier alpha value is 0.450. The van der Waals surface area contributed by atoms with E-state index in [2.05, 4.69) is 9.05 Å². The quantitative estimate of drug-likeness (QED) is 0.427. The molecule has 0 rings (SSSR count). The maximum absolute atomic E-state index is 9.90. The molecule has 0 aromatic heterocycles. The van der Waals surface area contributed by atoms with E-state index in [1.807, 2.05) is 18.9 Å². The Bertz CT molecular complexity index is 67.5. The van der Waals surface area contributed by atoms with E-state index >= 15 is 0 Å². The lowest BCUT2D eigenvalue weighted by atomic mass is 10.4. The summed E-state index contributed by atoms with van der Waals surface area (Å²) in [6.07, 6.45) is 0.217. The fraction of sp³-hybridized carbons (Fsp3) is 0.667. The number of carbonyl (C=O) groups excluding carboxylic acids is 1. The van der Waals surface area contributed by atoms with Crippen molar-refractivity contribution in [2.75, 3.05) is 6.61 Å². The molecule has 0 heterocycles. The van der Waals surface area contributed by atoms with E-state index < -0.39 is 6.10 Å². The van der Waals surface area contributed by atoms with Gasteiger partial charge in [-0.3, -0.25) is 0 Å². The van der Waals surface area contributed by atoms with Crippen molar-refractivity contribution >= 4 is 25.2 Å². The lowest BCUT2D eigenvalue weighted by Gasteiger charge is -2.03. The minimum atomic E-state index is -0.461. The monoisotopic (exact) mass is 154 g/mol. The van der Waals surface area contributed by atoms with E-state index in [-0.39, 0.29) is 6.61 Å². The highest BCUT2D eigenvalue weighted by Gasteiger charge is 2.01. The van der Waals surface area contributed by atoms with Gasteiger partial charge in [0.05, 0.1) is 6.61 Å². The second-order valence-electron chi connectivity index (χ2n) is 1.14. The molecule has 5 heteroatoms. The number of rotatable bonds is 4. The first kappa shape index (κ1) is 8.45. The van der Waals surface area contributed by atoms with Crippen LogP contribution in [0, 0.1) is 0 Å². The van der Waals surface area contributed by atoms with E-state index in [1.165, 1.54) is 0 Å². The largest absolute Gasteiger partial charge is 0.362 e. The zero-order valence-electron chi connectivity index (χ0n) is 4.24. The fourth-order valence-corrected chi connectivity index (χ4v) is 0.538. The van der Waals surface area contributed by atoms with Crippen molar-refractivity contribution in [1.29, 1.82) is 0 Å². The predicted molar refractivity (Wildman–Crippen MR) is 36.3 cm³/mol. The van der Waals surface area contributed by atoms with Crippen LogP contribution in [0.4, 0.5) is 0 Å². The maximum atomic E-state index is 9.90. The zero-order valence-corrected chi connectivity index (χ0v) is 6.55. The molecule has 0 aliphatic heterocycles. The molecular formula is C3H8O3P2. The Balaban J connectivity index is 3.21. The minimum absolute atomic E-state index is 0.275. The molecule has 8 heavy (non-hydrogen) atoms. The van der Waals surface area contributed by atoms with Gasteiger partial charge in [0.1, 0.15) is 6.10 Å². The second kappa shape index (κ2) is 5.58. The van der Waals surface area contributed by atoms with Gasteiger partial charge in [-0.05, 0) is 0 Å². The molecule has 3 atom stereocenters. The van der Waals surface area contributed by atoms with Crippen LogP contribution < -0.4 is 0 Å². The molecule has 0 saturated carbocycles. The summed E-state index contributed by atoms with van der Waals surface area (Å²) in [6.45, 7) is 0.275. The third kappa shape index (κ3) is 3.45. The molecule has 0 bridgehead atoms. The van der Waals surface area contributed by atoms with Crippen molar-refractivity contribution in [1.82, 2.24) is 0 Å². The highest BCUT2D eigenvalue weighted by atomic mass is 31.0. The average molecular weight is 154 g/mol. The van der Waals surface area contributed by atoms with E-state index in [0.717, 1.165) is 0 Å². The van der Waals surface area contributed by atoms with Gasteiger partial charge in [0.25, 0.3) is 0 Å². The molecule has 0 aliphatic rings. The zero-order chi connectivity index (χ0) is 6.41. The van der Waals surface area contributed by atoms with Crippen LogP contribution in [0.5, 0.6) is 0 Å². The summed E-state index contributed by atoms with van der Waals surface area (Å²) < 4.78 is 9.08. The lowest BCUT2D eigenvalue weighted by molar-refractivity contribution is -0.114. The van der Waals surface area contributed by atoms with Crippen molar-refractivity contribution in [3.05, 3.63) is 0 Å². The first-order valence-electron chi connectivity index (χ1n) is 1.97. The number of carbonyl (C=O) groups is 1. The Morgan fingerprint density at radius 1 is 1.62 bits per heavy atom. The van der Waals surface area contributed by atoms with E-state index in [0.29, 0.717) is 6.29 Å². The molecule has 0 N–H and O–H groups in total. The van der Waals surface area contributed by atoms with Crippen LogP contribution in [0.25, 0.3) is 0 Å². The van der Waals surface area contributed by atoms with Crippen LogP contribution >= 0.6 is 18.9 Å². The molecule has 3 nitrogen and oxygen atoms in total. The van der Waals surface area contributed by atoms with Crippen LogP contribution in [-0.2, 0) is 13.8 Å². The molecule has 0 aromatic rings. The molecule has 3 unspecified atom stereocenters. The van der Waals surface area contributed by atoms with Crippen LogP contribution in [0.3, 0.4) is 0 Å². The smallest absolute Gasteiger partial charge is 0.151 e. The van der Waals surface area contributed by atoms with Gasteiger partial charge < -0.3 is 13.8 Å². The average Bonchev–Trinajstić information content (AvgIpc) is 1.83. The highest BCUT2D eigenvalue weighted by molar-refractivity contribution is 7.10. The molecule has 0 fully saturated rings. The Labute approximate surface area is 52.7 Å². The molecule has 0 spiro atoms. The third-order valence-corrected chi connectivity index (χ3v) is 1.13. The standard InChI is InChI=1S/C3H8O3P2/c4-1-3(6-8)2-5-7/h1,3H,2,7-8H2. The maximum Gasteiger partial charge on any atom is 0.151 e. The number of aldehydes is 1. The second-order valence-corrected chi connectivity index (χ2v) is 1.75. The van der Waals surface area contributed by atoms with Gasteiger partial charge in [0.15, 0.2) is 6.29 Å². The van der Waals surface area contributed by atoms with Gasteiger partial charge >= 0.3 is 0 Å². The van der Waals surface area contributed by atoms with Gasteiger partial charge in [-0.25, -0.2) is 0 Å². The van der Waals surface area contributed by atoms with Gasteiger partial charge in [-0.15, -0.1) is 0 Å². The first-order chi connectivity index (χ1) is 3.85. The molecule has 48 valence electrons. The first-order valence-corrected chi connectivity index (χ1v) is 2.92. The molecule has 0 radical (unpaired) electrons. The van der Waals surface area contributed by atoms with Gasteiger partial charge in [0.2, 0.25) is 0 Å². The molecular weight excluding hydrogens is 146 g/mol. The Morgan fingerprint density at radius 3 is 2.38 bits per heavy atom. The lowest BCUT2D eigenvalue weighted by Crippen LogP contribution is -2.14. The van der Waals surface area contributed by atoms with Crippen LogP contribution in [0.15, 0.2) is 0 Å². The van der Waals surface area contributed by atoms with Gasteiger partial charge in [-0.2, -0.15) is 0 Å². The van der Waals surface area contributed by atoms with E-state index in [1.54, 1.807) is 0 Å². The van der Waals surface area contributed by atoms with E-state index in [4.69, 9.17) is 0 Å². The molecule has 0 saturated heterocycles. The van der Waals surface area contributed by atoms with Gasteiger partial charge in [0, 0.05) is 18.9 Å². The fourth-order valence-electron chi connectivity index (χ4n) is 0.205. The number of hydrogen-bond acceptors (Lipinski definition) is 3. The van der Waals surface area contributed by atoms with Crippen LogP contribution in [0.2, 0.25) is 0 Å². The summed E-state index contributed by atoms with van der Waals surface area (Å²) in [5.41, 5.74) is 0. The summed E-state index contributed by atoms with van der Waals surface area (Å²) >= 11 is 0. The molecule has 0 aliphatic carbocycles. The summed E-state index contributed by atoms with van der Waals surface area (Å²) in [5, 5.41) is 0. The Morgan fingerprint density at radius 2 is 2.25 bits per heavy atom. The highest BCUT2D eigenvalue weighted by Crippen LogP contribution is 1.97. The van der Waals surface area contributed by atoms with Crippen LogP contribution in [-0.4, -0.2) is 19.0 Å². The van der Waals surface area contributed by atoms with Crippen molar-refractivity contribution in [3.63, 3.8) is 0 Å². The normalized spacial score (nSPS) is 13.2. The predicted octanol–water partition coefficient (Wildman–Crippen LogP) is 0.167. The van der Waals surface area contributed by atoms with Crippen molar-refractivity contribution in [2.24, 2.45) is 0 Å². The molecule has 0 aromatic carbocycles. The van der Waals surface area contributed by atoms with Gasteiger partial charge in [-0.1, -0.05) is 0 Å². The Kier molecular flexibility index (Phi) is 5.90. The van der Waals surface area contributed by atoms with Crippen molar-refractivity contribution in [3.8, 4) is 0 Å². The SMILES string of the molecule is O=CC(COP)OP. The van der Waals surface area contributed by atoms with Crippen LogP contribution in [0.1, 0.15) is 0 Å². The van der Waals surface area contributed by atoms with Crippen molar-refractivity contribution < 1.29 is 13.8 Å². The van der Waals surface area contributed by atoms with Crippen molar-refractivity contribution in [2.45, 2.75) is 6.10 Å². The third-order valence-electron chi connectivity index (χ3n) is 0.587. The molecule has 0 amide bonds. The summed E-state index contributed by atoms with van der Waals surface area (Å²) in [6, 6.07) is 0. The minimum Gasteiger partial charge on any atom is -0.362 e. The topological polar surface area (TPSA) is 35.5 Å². The number of hydrogen-bond donors (Lipinski definition) is 0. The summed E-state index contributed by atoms with van der Waals surface area (Å²) in [4.78, 5) is 9.90. The summed E-state index contributed by atoms with van der Waals surface area (Å²) in [5.74, 6) is 0. The summed E-state index contributed by atoms with van der Waals surface area (Å²) in [7, 11) is 4.03.